The molecule has 2 aromatic heterocycles. The highest BCUT2D eigenvalue weighted by Gasteiger charge is 2.51. The van der Waals surface area contributed by atoms with Crippen LogP contribution in [0, 0.1) is 0 Å². The Morgan fingerprint density at radius 3 is 1.45 bits per heavy atom. The van der Waals surface area contributed by atoms with Crippen LogP contribution in [0.25, 0.3) is 103 Å². The summed E-state index contributed by atoms with van der Waals surface area (Å²) in [5, 5.41) is 7.77. The molecular weight excluding hydrogens is 913 g/mol. The first-order valence-electron chi connectivity index (χ1n) is 25.6. The van der Waals surface area contributed by atoms with Crippen molar-refractivity contribution < 1.29 is 0 Å². The van der Waals surface area contributed by atoms with E-state index in [4.69, 9.17) is 0 Å². The zero-order chi connectivity index (χ0) is 48.5. The Hall–Kier alpha value is -9.28. The standard InChI is InChI=1S/C71H44N2S/c1-2-17-54-47(14-1)32-40-62-61-39-33-49(43-69(61)74-70(54)62)46-30-36-51(37-31-46)72(50-34-28-45(29-35-50)48-15-13-16-52(42-48)73-67-26-11-6-21-59(67)60-22-7-12-27-68(60)73)53-38-41-58-57-20-5-10-25-65(57)71(66(58)44-53)63-23-8-3-18-55(63)56-19-4-9-24-64(56)71/h1-44H. The Morgan fingerprint density at radius 1 is 0.311 bits per heavy atom. The molecule has 0 unspecified atom stereocenters. The Morgan fingerprint density at radius 2 is 0.811 bits per heavy atom. The summed E-state index contributed by atoms with van der Waals surface area (Å²) in [5.74, 6) is 0. The lowest BCUT2D eigenvalue weighted by atomic mass is 9.70. The van der Waals surface area contributed by atoms with Crippen LogP contribution in [0.2, 0.25) is 0 Å². The summed E-state index contributed by atoms with van der Waals surface area (Å²) < 4.78 is 5.06. The van der Waals surface area contributed by atoms with Gasteiger partial charge in [0.05, 0.1) is 16.4 Å². The third-order valence-electron chi connectivity index (χ3n) is 16.2. The molecule has 2 aliphatic carbocycles. The molecule has 0 aliphatic heterocycles. The van der Waals surface area contributed by atoms with Crippen LogP contribution in [-0.4, -0.2) is 4.57 Å². The summed E-state index contributed by atoms with van der Waals surface area (Å²) in [6, 6.07) is 99.5. The lowest BCUT2D eigenvalue weighted by Crippen LogP contribution is -2.26. The second-order valence-electron chi connectivity index (χ2n) is 19.9. The van der Waals surface area contributed by atoms with E-state index in [9.17, 15) is 0 Å². The minimum atomic E-state index is -0.451. The predicted molar refractivity (Wildman–Crippen MR) is 313 cm³/mol. The smallest absolute Gasteiger partial charge is 0.0726 e. The maximum atomic E-state index is 2.49. The number of anilines is 3. The summed E-state index contributed by atoms with van der Waals surface area (Å²) in [6.07, 6.45) is 0. The number of thiophene rings is 1. The topological polar surface area (TPSA) is 8.17 Å². The predicted octanol–water partition coefficient (Wildman–Crippen LogP) is 19.5. The van der Waals surface area contributed by atoms with E-state index < -0.39 is 5.41 Å². The molecule has 2 aliphatic rings. The van der Waals surface area contributed by atoms with Gasteiger partial charge in [0.25, 0.3) is 0 Å². The Balaban J connectivity index is 0.838. The second kappa shape index (κ2) is 15.9. The van der Waals surface area contributed by atoms with Crippen LogP contribution in [0.15, 0.2) is 267 Å². The Labute approximate surface area is 432 Å². The fourth-order valence-corrected chi connectivity index (χ4v) is 14.3. The molecular formula is C71H44N2S. The molecule has 0 atom stereocenters. The molecule has 2 heterocycles. The number of benzene rings is 12. The molecule has 344 valence electrons. The van der Waals surface area contributed by atoms with Crippen LogP contribution >= 0.6 is 11.3 Å². The van der Waals surface area contributed by atoms with Gasteiger partial charge in [-0.25, -0.2) is 0 Å². The number of hydrogen-bond donors (Lipinski definition) is 0. The number of nitrogens with zero attached hydrogens (tertiary/aromatic N) is 2. The first-order chi connectivity index (χ1) is 36.7. The third kappa shape index (κ3) is 5.87. The molecule has 16 rings (SSSR count). The van der Waals surface area contributed by atoms with Crippen LogP contribution in [0.3, 0.4) is 0 Å². The van der Waals surface area contributed by atoms with E-state index in [-0.39, 0.29) is 0 Å². The van der Waals surface area contributed by atoms with Crippen LogP contribution in [0.1, 0.15) is 22.3 Å². The number of hydrogen-bond acceptors (Lipinski definition) is 2. The Kier molecular flexibility index (Phi) is 8.86. The number of aromatic nitrogens is 1. The van der Waals surface area contributed by atoms with Crippen LogP contribution < -0.4 is 4.90 Å². The van der Waals surface area contributed by atoms with E-state index in [1.165, 1.54) is 120 Å². The van der Waals surface area contributed by atoms with Crippen LogP contribution in [-0.2, 0) is 5.41 Å². The maximum absolute atomic E-state index is 2.49. The summed E-state index contributed by atoms with van der Waals surface area (Å²) in [4.78, 5) is 2.45. The van der Waals surface area contributed by atoms with Gasteiger partial charge in [0.2, 0.25) is 0 Å². The molecule has 0 saturated heterocycles. The molecule has 0 N–H and O–H groups in total. The fraction of sp³-hybridized carbons (Fsp3) is 0.0141. The minimum Gasteiger partial charge on any atom is -0.310 e. The van der Waals surface area contributed by atoms with Gasteiger partial charge in [-0.05, 0) is 144 Å². The third-order valence-corrected chi connectivity index (χ3v) is 17.4. The van der Waals surface area contributed by atoms with Crippen molar-refractivity contribution in [3.8, 4) is 50.2 Å². The van der Waals surface area contributed by atoms with Crippen molar-refractivity contribution in [3.63, 3.8) is 0 Å². The molecule has 3 heteroatoms. The van der Waals surface area contributed by atoms with Crippen molar-refractivity contribution in [2.45, 2.75) is 5.41 Å². The van der Waals surface area contributed by atoms with Gasteiger partial charge in [-0.2, -0.15) is 0 Å². The average molecular weight is 957 g/mol. The van der Waals surface area contributed by atoms with Gasteiger partial charge in [0, 0.05) is 53.7 Å². The summed E-state index contributed by atoms with van der Waals surface area (Å²) in [7, 11) is 0. The van der Waals surface area contributed by atoms with Gasteiger partial charge < -0.3 is 9.47 Å². The van der Waals surface area contributed by atoms with Crippen LogP contribution in [0.4, 0.5) is 17.1 Å². The summed E-state index contributed by atoms with van der Waals surface area (Å²) in [5.41, 5.74) is 21.7. The van der Waals surface area contributed by atoms with Gasteiger partial charge in [-0.15, -0.1) is 11.3 Å². The molecule has 0 bridgehead atoms. The van der Waals surface area contributed by atoms with E-state index >= 15 is 0 Å². The average Bonchev–Trinajstić information content (AvgIpc) is 4.25. The molecule has 12 aromatic carbocycles. The highest BCUT2D eigenvalue weighted by atomic mass is 32.1. The number of rotatable bonds is 6. The van der Waals surface area contributed by atoms with E-state index in [0.717, 1.165) is 22.7 Å². The van der Waals surface area contributed by atoms with E-state index in [2.05, 4.69) is 276 Å². The normalized spacial score (nSPS) is 13.0. The zero-order valence-corrected chi connectivity index (χ0v) is 41.0. The minimum absolute atomic E-state index is 0.451. The van der Waals surface area contributed by atoms with Crippen LogP contribution in [0.5, 0.6) is 0 Å². The highest BCUT2D eigenvalue weighted by molar-refractivity contribution is 7.26. The lowest BCUT2D eigenvalue weighted by Gasteiger charge is -2.32. The molecule has 0 saturated carbocycles. The van der Waals surface area contributed by atoms with Gasteiger partial charge in [-0.1, -0.05) is 200 Å². The maximum Gasteiger partial charge on any atom is 0.0726 e. The van der Waals surface area contributed by atoms with Gasteiger partial charge in [-0.3, -0.25) is 0 Å². The highest BCUT2D eigenvalue weighted by Crippen LogP contribution is 2.63. The molecule has 2 nitrogen and oxygen atoms in total. The van der Waals surface area contributed by atoms with Gasteiger partial charge in [0.1, 0.15) is 0 Å². The van der Waals surface area contributed by atoms with Crippen molar-refractivity contribution in [3.05, 3.63) is 289 Å². The van der Waals surface area contributed by atoms with E-state index in [1.54, 1.807) is 0 Å². The first kappa shape index (κ1) is 41.3. The summed E-state index contributed by atoms with van der Waals surface area (Å²) in [6.45, 7) is 0. The van der Waals surface area contributed by atoms with Crippen molar-refractivity contribution in [2.24, 2.45) is 0 Å². The zero-order valence-electron chi connectivity index (χ0n) is 40.2. The van der Waals surface area contributed by atoms with Crippen molar-refractivity contribution in [1.82, 2.24) is 4.57 Å². The molecule has 74 heavy (non-hydrogen) atoms. The molecule has 0 radical (unpaired) electrons. The lowest BCUT2D eigenvalue weighted by molar-refractivity contribution is 0.793. The SMILES string of the molecule is c1cc(-c2ccc(N(c3ccc(-c4ccc5c(c4)sc4c6ccccc6ccc54)cc3)c3ccc4c(c3)C3(c5ccccc5-c5ccccc53)c3ccccc3-4)cc2)cc(-n2c3ccccc3c3ccccc32)c1. The number of para-hydroxylation sites is 2. The van der Waals surface area contributed by atoms with Crippen molar-refractivity contribution >= 4 is 81.1 Å². The van der Waals surface area contributed by atoms with E-state index in [0.29, 0.717) is 0 Å². The Bertz CT molecular complexity index is 4490. The molecule has 1 spiro atoms. The van der Waals surface area contributed by atoms with Crippen molar-refractivity contribution in [1.29, 1.82) is 0 Å². The molecule has 0 fully saturated rings. The monoisotopic (exact) mass is 956 g/mol. The van der Waals surface area contributed by atoms with Gasteiger partial charge in [0.15, 0.2) is 0 Å². The second-order valence-corrected chi connectivity index (χ2v) is 21.0. The molecule has 0 amide bonds. The van der Waals surface area contributed by atoms with Crippen molar-refractivity contribution in [2.75, 3.05) is 4.90 Å². The quantitative estimate of drug-likeness (QED) is 0.161. The first-order valence-corrected chi connectivity index (χ1v) is 26.4. The van der Waals surface area contributed by atoms with E-state index in [1.807, 2.05) is 11.3 Å². The largest absolute Gasteiger partial charge is 0.310 e. The fourth-order valence-electron chi connectivity index (χ4n) is 13.0. The van der Waals surface area contributed by atoms with Gasteiger partial charge >= 0.3 is 0 Å². The number of fused-ring (bicyclic) bond motifs is 18. The summed E-state index contributed by atoms with van der Waals surface area (Å²) >= 11 is 1.90. The molecule has 14 aromatic rings.